The topological polar surface area (TPSA) is 26.8 Å². The fraction of sp³-hybridized carbons (Fsp3) is 0.944. The highest BCUT2D eigenvalue weighted by Gasteiger charge is 2.09. The van der Waals surface area contributed by atoms with E-state index in [1.54, 1.807) is 6.92 Å². The van der Waals surface area contributed by atoms with Crippen molar-refractivity contribution < 1.29 is 4.79 Å². The predicted molar refractivity (Wildman–Crippen MR) is 98.6 cm³/mol. The van der Waals surface area contributed by atoms with Gasteiger partial charge in [0, 0.05) is 32.1 Å². The Morgan fingerprint density at radius 1 is 0.864 bits per heavy atom. The van der Waals surface area contributed by atoms with E-state index >= 15 is 0 Å². The summed E-state index contributed by atoms with van der Waals surface area (Å²) in [6.45, 7) is 10.5. The number of nitrogens with zero attached hydrogens (tertiary/aromatic N) is 3. The molecule has 0 heterocycles. The van der Waals surface area contributed by atoms with Crippen molar-refractivity contribution in [2.45, 2.75) is 46.5 Å². The van der Waals surface area contributed by atoms with Gasteiger partial charge >= 0.3 is 0 Å². The second-order valence-electron chi connectivity index (χ2n) is 6.77. The average Bonchev–Trinajstić information content (AvgIpc) is 2.44. The number of unbranched alkanes of at least 4 members (excludes halogenated alkanes) is 1. The quantitative estimate of drug-likeness (QED) is 0.586. The molecule has 4 nitrogen and oxygen atoms in total. The summed E-state index contributed by atoms with van der Waals surface area (Å²) in [7, 11) is 10.6. The van der Waals surface area contributed by atoms with Crippen LogP contribution in [-0.4, -0.2) is 81.9 Å². The molecule has 0 aliphatic carbocycles. The van der Waals surface area contributed by atoms with E-state index in [9.17, 15) is 4.79 Å². The third kappa shape index (κ3) is 17.6. The number of rotatable bonds is 11. The maximum Gasteiger partial charge on any atom is 0.132 e. The zero-order chi connectivity index (χ0) is 17.5. The molecule has 134 valence electrons. The second-order valence-corrected chi connectivity index (χ2v) is 6.77. The standard InChI is InChI=1S/C9H23N3.C9H18O/c1-10(2)6-8-12(5)9-7-11(3)4;1-4-6-7-9(5-2)8(3)10/h6-9H2,1-5H3;9H,4-7H2,1-3H3. The van der Waals surface area contributed by atoms with Gasteiger partial charge in [-0.25, -0.2) is 0 Å². The minimum Gasteiger partial charge on any atom is -0.308 e. The van der Waals surface area contributed by atoms with Crippen molar-refractivity contribution >= 4 is 5.78 Å². The molecule has 0 amide bonds. The molecule has 4 heteroatoms. The van der Waals surface area contributed by atoms with Gasteiger partial charge in [0.05, 0.1) is 0 Å². The normalized spacial score (nSPS) is 12.5. The Balaban J connectivity index is 0. The van der Waals surface area contributed by atoms with Crippen LogP contribution in [0.3, 0.4) is 0 Å². The molecule has 0 radical (unpaired) electrons. The van der Waals surface area contributed by atoms with Crippen molar-refractivity contribution in [1.29, 1.82) is 0 Å². The van der Waals surface area contributed by atoms with Crippen molar-refractivity contribution in [2.24, 2.45) is 5.92 Å². The minimum absolute atomic E-state index is 0.333. The van der Waals surface area contributed by atoms with Crippen LogP contribution in [0.25, 0.3) is 0 Å². The summed E-state index contributed by atoms with van der Waals surface area (Å²) >= 11 is 0. The van der Waals surface area contributed by atoms with Gasteiger partial charge in [0.15, 0.2) is 0 Å². The van der Waals surface area contributed by atoms with Crippen molar-refractivity contribution in [3.8, 4) is 0 Å². The lowest BCUT2D eigenvalue weighted by molar-refractivity contribution is -0.121. The van der Waals surface area contributed by atoms with E-state index in [4.69, 9.17) is 0 Å². The summed E-state index contributed by atoms with van der Waals surface area (Å²) in [5.41, 5.74) is 0. The van der Waals surface area contributed by atoms with Crippen LogP contribution in [0.1, 0.15) is 46.5 Å². The van der Waals surface area contributed by atoms with E-state index in [-0.39, 0.29) is 0 Å². The molecule has 0 aliphatic rings. The fourth-order valence-corrected chi connectivity index (χ4v) is 2.00. The second kappa shape index (κ2) is 15.4. The zero-order valence-electron chi connectivity index (χ0n) is 16.5. The van der Waals surface area contributed by atoms with Crippen LogP contribution in [0.5, 0.6) is 0 Å². The Hall–Kier alpha value is -0.450. The molecule has 0 rings (SSSR count). The molecule has 0 aliphatic heterocycles. The van der Waals surface area contributed by atoms with Gasteiger partial charge in [-0.2, -0.15) is 0 Å². The fourth-order valence-electron chi connectivity index (χ4n) is 2.00. The molecule has 0 fully saturated rings. The molecule has 0 bridgehead atoms. The Labute approximate surface area is 139 Å². The van der Waals surface area contributed by atoms with Crippen molar-refractivity contribution in [3.05, 3.63) is 0 Å². The Bertz CT molecular complexity index is 243. The third-order valence-electron chi connectivity index (χ3n) is 3.83. The van der Waals surface area contributed by atoms with Crippen molar-refractivity contribution in [2.75, 3.05) is 61.4 Å². The number of carbonyl (C=O) groups excluding carboxylic acids is 1. The number of carbonyl (C=O) groups is 1. The van der Waals surface area contributed by atoms with Crippen molar-refractivity contribution in [3.63, 3.8) is 0 Å². The number of likely N-dealkylation sites (N-methyl/N-ethyl adjacent to an activating group) is 3. The molecule has 0 aromatic rings. The van der Waals surface area contributed by atoms with E-state index in [1.165, 1.54) is 12.8 Å². The van der Waals surface area contributed by atoms with Gasteiger partial charge in [-0.15, -0.1) is 0 Å². The van der Waals surface area contributed by atoms with Gasteiger partial charge in [-0.05, 0) is 55.0 Å². The van der Waals surface area contributed by atoms with Gasteiger partial charge in [0.25, 0.3) is 0 Å². The molecule has 0 N–H and O–H groups in total. The molecular formula is C18H41N3O. The summed E-state index contributed by atoms with van der Waals surface area (Å²) in [4.78, 5) is 17.7. The molecular weight excluding hydrogens is 274 g/mol. The van der Waals surface area contributed by atoms with Crippen LogP contribution in [-0.2, 0) is 4.79 Å². The molecule has 0 aromatic heterocycles. The molecule has 0 saturated heterocycles. The van der Waals surface area contributed by atoms with Gasteiger partial charge in [-0.3, -0.25) is 4.79 Å². The SMILES string of the molecule is CCCCC(CC)C(C)=O.CN(C)CCN(C)CCN(C)C. The van der Waals surface area contributed by atoms with E-state index in [0.29, 0.717) is 11.7 Å². The highest BCUT2D eigenvalue weighted by molar-refractivity contribution is 5.78. The summed E-state index contributed by atoms with van der Waals surface area (Å²) < 4.78 is 0. The molecule has 1 atom stereocenters. The maximum atomic E-state index is 10.9. The lowest BCUT2D eigenvalue weighted by atomic mass is 9.96. The van der Waals surface area contributed by atoms with Crippen LogP contribution in [0.15, 0.2) is 0 Å². The number of hydrogen-bond acceptors (Lipinski definition) is 4. The molecule has 0 saturated carbocycles. The first-order valence-corrected chi connectivity index (χ1v) is 8.72. The molecule has 1 unspecified atom stereocenters. The van der Waals surface area contributed by atoms with E-state index in [0.717, 1.165) is 39.0 Å². The van der Waals surface area contributed by atoms with Crippen LogP contribution in [0.4, 0.5) is 0 Å². The summed E-state index contributed by atoms with van der Waals surface area (Å²) in [6, 6.07) is 0. The van der Waals surface area contributed by atoms with Gasteiger partial charge in [0.1, 0.15) is 5.78 Å². The number of Topliss-reactive ketones (excluding diaryl/α,β-unsaturated/α-hetero) is 1. The van der Waals surface area contributed by atoms with Crippen LogP contribution < -0.4 is 0 Å². The summed E-state index contributed by atoms with van der Waals surface area (Å²) in [6.07, 6.45) is 4.49. The Kier molecular flexibility index (Phi) is 16.7. The van der Waals surface area contributed by atoms with Gasteiger partial charge in [-0.1, -0.05) is 26.7 Å². The molecule has 22 heavy (non-hydrogen) atoms. The first-order valence-electron chi connectivity index (χ1n) is 8.72. The summed E-state index contributed by atoms with van der Waals surface area (Å²) in [5.74, 6) is 0.691. The highest BCUT2D eigenvalue weighted by Crippen LogP contribution is 2.12. The number of ketones is 1. The lowest BCUT2D eigenvalue weighted by Crippen LogP contribution is -2.33. The Morgan fingerprint density at radius 2 is 1.32 bits per heavy atom. The maximum absolute atomic E-state index is 10.9. The third-order valence-corrected chi connectivity index (χ3v) is 3.83. The summed E-state index contributed by atoms with van der Waals surface area (Å²) in [5, 5.41) is 0. The van der Waals surface area contributed by atoms with Crippen LogP contribution in [0, 0.1) is 5.92 Å². The van der Waals surface area contributed by atoms with E-state index < -0.39 is 0 Å². The highest BCUT2D eigenvalue weighted by atomic mass is 16.1. The monoisotopic (exact) mass is 315 g/mol. The first-order chi connectivity index (χ1) is 10.2. The predicted octanol–water partition coefficient (Wildman–Crippen LogP) is 2.83. The van der Waals surface area contributed by atoms with E-state index in [2.05, 4.69) is 63.8 Å². The number of hydrogen-bond donors (Lipinski definition) is 0. The average molecular weight is 316 g/mol. The molecule has 0 aromatic carbocycles. The first kappa shape index (κ1) is 23.8. The van der Waals surface area contributed by atoms with Gasteiger partial charge in [0.2, 0.25) is 0 Å². The smallest absolute Gasteiger partial charge is 0.132 e. The van der Waals surface area contributed by atoms with E-state index in [1.807, 2.05) is 0 Å². The molecule has 0 spiro atoms. The lowest BCUT2D eigenvalue weighted by Gasteiger charge is -2.20. The minimum atomic E-state index is 0.333. The van der Waals surface area contributed by atoms with Gasteiger partial charge < -0.3 is 14.7 Å². The van der Waals surface area contributed by atoms with Crippen LogP contribution in [0.2, 0.25) is 0 Å². The Morgan fingerprint density at radius 3 is 1.59 bits per heavy atom. The van der Waals surface area contributed by atoms with Crippen LogP contribution >= 0.6 is 0 Å². The van der Waals surface area contributed by atoms with Crippen molar-refractivity contribution in [1.82, 2.24) is 14.7 Å². The largest absolute Gasteiger partial charge is 0.308 e. The zero-order valence-corrected chi connectivity index (χ0v) is 16.5.